The number of unbranched alkanes of at least 4 members (excludes halogenated alkanes) is 2. The quantitative estimate of drug-likeness (QED) is 0.0752. The Bertz CT molecular complexity index is 2410. The van der Waals surface area contributed by atoms with Gasteiger partial charge in [-0.3, -0.25) is 33.7 Å². The first kappa shape index (κ1) is 59.4. The van der Waals surface area contributed by atoms with E-state index in [0.29, 0.717) is 62.4 Å². The molecule has 0 bridgehead atoms. The molecule has 4 aliphatic heterocycles. The second kappa shape index (κ2) is 27.6. The molecular formula is C55H83N9O9S3. The minimum absolute atomic E-state index is 0.0237. The number of hydrogen-bond acceptors (Lipinski definition) is 13. The van der Waals surface area contributed by atoms with Crippen molar-refractivity contribution in [1.82, 2.24) is 46.0 Å². The summed E-state index contributed by atoms with van der Waals surface area (Å²) in [5, 5.41) is 29.5. The van der Waals surface area contributed by atoms with E-state index in [1.807, 2.05) is 62.9 Å². The van der Waals surface area contributed by atoms with Crippen LogP contribution in [0.25, 0.3) is 0 Å². The number of nitrogens with zero attached hydrogens (tertiary/aromatic N) is 3. The van der Waals surface area contributed by atoms with Gasteiger partial charge in [0.2, 0.25) is 45.5 Å². The van der Waals surface area contributed by atoms with E-state index in [4.69, 9.17) is 0 Å². The van der Waals surface area contributed by atoms with Gasteiger partial charge in [0, 0.05) is 87.0 Å². The van der Waals surface area contributed by atoms with Gasteiger partial charge in [0.25, 0.3) is 0 Å². The largest absolute Gasteiger partial charge is 0.391 e. The maximum atomic E-state index is 14.3. The first-order valence-corrected chi connectivity index (χ1v) is 31.5. The number of sulfonamides is 1. The van der Waals surface area contributed by atoms with Gasteiger partial charge in [-0.05, 0) is 80.4 Å². The van der Waals surface area contributed by atoms with Gasteiger partial charge in [0.1, 0.15) is 23.6 Å². The van der Waals surface area contributed by atoms with Crippen molar-refractivity contribution in [2.45, 2.75) is 177 Å². The second-order valence-electron chi connectivity index (χ2n) is 22.5. The van der Waals surface area contributed by atoms with Crippen molar-refractivity contribution >= 4 is 69.0 Å². The SMILES string of the molecule is CC1NCSC1c1ccc(CNC(=O)[C@@H]2C[C@@H](O)CN2C(=O)[C@@H](NC(=O)CCCCC(=O)NCCCC[C@H](NC(=O)C2CCN(S(C)(=O)=O)C2)C(=O)NC2SCC(c3ccccc3)N2C2CCCCC2)C(C)(C)C)cc1. The molecule has 2 aromatic rings. The van der Waals surface area contributed by atoms with Crippen LogP contribution in [0.15, 0.2) is 54.6 Å². The molecule has 1 aliphatic carbocycles. The fourth-order valence-corrected chi connectivity index (χ4v) is 14.8. The van der Waals surface area contributed by atoms with Crippen LogP contribution in [0.1, 0.15) is 146 Å². The molecule has 7 rings (SSSR count). The average Bonchev–Trinajstić information content (AvgIpc) is 4.24. The molecule has 2 aromatic carbocycles. The lowest BCUT2D eigenvalue weighted by Crippen LogP contribution is -2.57. The van der Waals surface area contributed by atoms with E-state index in [0.717, 1.165) is 49.1 Å². The lowest BCUT2D eigenvalue weighted by molar-refractivity contribution is -0.144. The number of thioether (sulfide) groups is 2. The van der Waals surface area contributed by atoms with E-state index in [1.54, 1.807) is 11.8 Å². The first-order valence-electron chi connectivity index (χ1n) is 27.5. The predicted octanol–water partition coefficient (Wildman–Crippen LogP) is 4.65. The van der Waals surface area contributed by atoms with Crippen molar-refractivity contribution in [2.75, 3.05) is 44.1 Å². The molecule has 1 saturated carbocycles. The Morgan fingerprint density at radius 2 is 1.53 bits per heavy atom. The molecule has 18 nitrogen and oxygen atoms in total. The Hall–Kier alpha value is -4.25. The molecule has 4 saturated heterocycles. The number of carbonyl (C=O) groups is 6. The van der Waals surface area contributed by atoms with Gasteiger partial charge in [-0.15, -0.1) is 23.5 Å². The number of hydrogen-bond donors (Lipinski definition) is 7. The molecule has 21 heteroatoms. The fraction of sp³-hybridized carbons (Fsp3) is 0.673. The van der Waals surface area contributed by atoms with E-state index in [2.05, 4.69) is 68.0 Å². The summed E-state index contributed by atoms with van der Waals surface area (Å²) < 4.78 is 25.8. The molecule has 0 spiro atoms. The van der Waals surface area contributed by atoms with Gasteiger partial charge >= 0.3 is 0 Å². The zero-order chi connectivity index (χ0) is 54.6. The van der Waals surface area contributed by atoms with Gasteiger partial charge in [0.15, 0.2) is 0 Å². The molecule has 7 N–H and O–H groups in total. The zero-order valence-electron chi connectivity index (χ0n) is 45.1. The highest BCUT2D eigenvalue weighted by molar-refractivity contribution is 8.00. The van der Waals surface area contributed by atoms with Crippen LogP contribution in [0.3, 0.4) is 0 Å². The number of likely N-dealkylation sites (tertiary alicyclic amines) is 1. The normalized spacial score (nSPS) is 25.4. The zero-order valence-corrected chi connectivity index (χ0v) is 47.5. The van der Waals surface area contributed by atoms with Crippen molar-refractivity contribution in [3.8, 4) is 0 Å². The van der Waals surface area contributed by atoms with Crippen LogP contribution in [0.4, 0.5) is 0 Å². The van der Waals surface area contributed by atoms with Crippen molar-refractivity contribution in [3.63, 3.8) is 0 Å². The monoisotopic (exact) mass is 1110 g/mol. The molecule has 76 heavy (non-hydrogen) atoms. The van der Waals surface area contributed by atoms with Crippen LogP contribution in [0.5, 0.6) is 0 Å². The molecule has 9 atom stereocenters. The number of benzene rings is 2. The molecule has 0 radical (unpaired) electrons. The summed E-state index contributed by atoms with van der Waals surface area (Å²) in [4.78, 5) is 85.6. The third kappa shape index (κ3) is 16.4. The summed E-state index contributed by atoms with van der Waals surface area (Å²) in [5.74, 6) is -0.811. The Morgan fingerprint density at radius 3 is 2.18 bits per heavy atom. The number of aliphatic hydroxyl groups is 1. The van der Waals surface area contributed by atoms with Crippen molar-refractivity contribution in [2.24, 2.45) is 11.3 Å². The van der Waals surface area contributed by atoms with Crippen molar-refractivity contribution in [3.05, 3.63) is 71.3 Å². The molecular weight excluding hydrogens is 1030 g/mol. The highest BCUT2D eigenvalue weighted by Crippen LogP contribution is 2.42. The average molecular weight is 1110 g/mol. The highest BCUT2D eigenvalue weighted by atomic mass is 32.2. The Labute approximate surface area is 459 Å². The van der Waals surface area contributed by atoms with Crippen LogP contribution in [-0.4, -0.2) is 149 Å². The fourth-order valence-electron chi connectivity index (χ4n) is 11.2. The lowest BCUT2D eigenvalue weighted by atomic mass is 9.85. The molecule has 6 amide bonds. The van der Waals surface area contributed by atoms with Gasteiger partial charge < -0.3 is 41.9 Å². The van der Waals surface area contributed by atoms with E-state index in [-0.39, 0.29) is 86.5 Å². The second-order valence-corrected chi connectivity index (χ2v) is 26.8. The Morgan fingerprint density at radius 1 is 0.816 bits per heavy atom. The van der Waals surface area contributed by atoms with E-state index >= 15 is 0 Å². The van der Waals surface area contributed by atoms with Crippen LogP contribution < -0.4 is 31.9 Å². The van der Waals surface area contributed by atoms with Gasteiger partial charge in [0.05, 0.1) is 18.3 Å². The number of rotatable bonds is 23. The Kier molecular flexibility index (Phi) is 21.5. The summed E-state index contributed by atoms with van der Waals surface area (Å²) >= 11 is 3.56. The van der Waals surface area contributed by atoms with E-state index in [9.17, 15) is 42.3 Å². The van der Waals surface area contributed by atoms with Crippen LogP contribution >= 0.6 is 23.5 Å². The molecule has 5 aliphatic rings. The van der Waals surface area contributed by atoms with Gasteiger partial charge in [-0.2, -0.15) is 0 Å². The maximum Gasteiger partial charge on any atom is 0.246 e. The molecule has 4 heterocycles. The lowest BCUT2D eigenvalue weighted by Gasteiger charge is -2.39. The van der Waals surface area contributed by atoms with Gasteiger partial charge in [-0.25, -0.2) is 12.7 Å². The minimum atomic E-state index is -3.46. The molecule has 0 aromatic heterocycles. The highest BCUT2D eigenvalue weighted by Gasteiger charge is 2.45. The van der Waals surface area contributed by atoms with Crippen LogP contribution in [0.2, 0.25) is 0 Å². The summed E-state index contributed by atoms with van der Waals surface area (Å²) in [6.45, 7) is 8.60. The summed E-state index contributed by atoms with van der Waals surface area (Å²) in [5.41, 5.74) is 2.36. The summed E-state index contributed by atoms with van der Waals surface area (Å²) in [6, 6.07) is 16.7. The minimum Gasteiger partial charge on any atom is -0.391 e. The van der Waals surface area contributed by atoms with Crippen LogP contribution in [-0.2, 0) is 45.3 Å². The van der Waals surface area contributed by atoms with Crippen molar-refractivity contribution < 1.29 is 42.3 Å². The number of aliphatic hydroxyl groups excluding tert-OH is 1. The number of β-amino-alcohol motifs (C(OH)–C–C–N with tert-alkyl or cyclic N) is 1. The third-order valence-corrected chi connectivity index (χ3v) is 19.4. The third-order valence-electron chi connectivity index (χ3n) is 15.6. The smallest absolute Gasteiger partial charge is 0.246 e. The predicted molar refractivity (Wildman–Crippen MR) is 298 cm³/mol. The molecule has 5 unspecified atom stereocenters. The summed E-state index contributed by atoms with van der Waals surface area (Å²) in [7, 11) is -3.46. The number of nitrogens with one attached hydrogen (secondary N) is 6. The van der Waals surface area contributed by atoms with E-state index in [1.165, 1.54) is 26.8 Å². The number of amides is 6. The summed E-state index contributed by atoms with van der Waals surface area (Å²) in [6.07, 6.45) is 8.80. The van der Waals surface area contributed by atoms with Gasteiger partial charge in [-0.1, -0.05) is 94.6 Å². The Balaban J connectivity index is 0.849. The first-order chi connectivity index (χ1) is 36.3. The van der Waals surface area contributed by atoms with Crippen LogP contribution in [0, 0.1) is 11.3 Å². The maximum absolute atomic E-state index is 14.3. The molecule has 5 fully saturated rings. The molecule has 420 valence electrons. The topological polar surface area (TPSA) is 239 Å². The van der Waals surface area contributed by atoms with Crippen molar-refractivity contribution in [1.29, 1.82) is 0 Å². The number of carbonyl (C=O) groups excluding carboxylic acids is 6. The van der Waals surface area contributed by atoms with E-state index < -0.39 is 51.5 Å². The standard InChI is InChI=1S/C55H83N9O9S3/c1-36-48(75-35-58-36)39-25-23-37(24-26-39)31-57-52(70)44-30-42(65)33-63(44)53(71)49(55(2,3)4)60-47(67)22-13-12-21-46(66)56-28-15-14-20-43(59-50(68)40-27-29-62(32-40)76(5,72)73)51(69)61-54-64(41-18-10-7-11-19-41)45(34-74-54)38-16-8-6-9-17-38/h6,8-9,16-17,23-26,36,40-45,48-49,54,58,65H,7,10-15,18-22,27-35H2,1-5H3,(H,56,66)(H,57,70)(H,59,68)(H,60,67)(H,61,69)/t36?,40?,42-,43+,44+,45?,48?,49-,54?/m1/s1.